The molecule has 0 amide bonds. The Morgan fingerprint density at radius 3 is 2.52 bits per heavy atom. The van der Waals surface area contributed by atoms with Crippen LogP contribution in [0, 0.1) is 5.92 Å². The maximum atomic E-state index is 13.0. The van der Waals surface area contributed by atoms with Crippen molar-refractivity contribution < 1.29 is 18.3 Å². The first-order valence-electron chi connectivity index (χ1n) is 7.16. The number of rotatable bonds is 2. The van der Waals surface area contributed by atoms with Gasteiger partial charge in [0.15, 0.2) is 17.3 Å². The minimum Gasteiger partial charge on any atom is -0.374 e. The third kappa shape index (κ3) is 2.09. The Hall–Kier alpha value is -1.61. The normalized spacial score (nSPS) is 26.4. The first-order chi connectivity index (χ1) is 10.7. The molecule has 2 bridgehead atoms. The number of halogens is 4. The molecule has 0 spiro atoms. The van der Waals surface area contributed by atoms with Gasteiger partial charge < -0.3 is 15.0 Å². The van der Waals surface area contributed by atoms with Crippen LogP contribution in [0.1, 0.15) is 25.6 Å². The van der Waals surface area contributed by atoms with Gasteiger partial charge in [-0.05, 0) is 37.3 Å². The molecule has 0 aromatic carbocycles. The van der Waals surface area contributed by atoms with Gasteiger partial charge in [-0.15, -0.1) is 0 Å². The maximum absolute atomic E-state index is 13.0. The Kier molecular flexibility index (Phi) is 2.91. The fourth-order valence-electron chi connectivity index (χ4n) is 3.22. The number of aliphatic hydroxyl groups is 1. The zero-order chi connectivity index (χ0) is 16.6. The van der Waals surface area contributed by atoms with E-state index in [0.717, 1.165) is 19.4 Å². The number of hydrogen-bond acceptors (Lipinski definition) is 5. The summed E-state index contributed by atoms with van der Waals surface area (Å²) in [5.41, 5.74) is -2.82. The summed E-state index contributed by atoms with van der Waals surface area (Å²) < 4.78 is 39.0. The van der Waals surface area contributed by atoms with E-state index in [2.05, 4.69) is 19.9 Å². The minimum absolute atomic E-state index is 0.0172. The zero-order valence-corrected chi connectivity index (χ0v) is 12.8. The second kappa shape index (κ2) is 4.47. The lowest BCUT2D eigenvalue weighted by Gasteiger charge is -2.26. The van der Waals surface area contributed by atoms with Crippen LogP contribution in [0.3, 0.4) is 0 Å². The summed E-state index contributed by atoms with van der Waals surface area (Å²) in [5.74, 6) is 0.413. The van der Waals surface area contributed by atoms with Crippen molar-refractivity contribution in [1.29, 1.82) is 0 Å². The molecule has 2 N–H and O–H groups in total. The first-order valence-corrected chi connectivity index (χ1v) is 7.54. The highest BCUT2D eigenvalue weighted by atomic mass is 35.5. The van der Waals surface area contributed by atoms with Gasteiger partial charge in [-0.1, -0.05) is 0 Å². The first kappa shape index (κ1) is 14.9. The zero-order valence-electron chi connectivity index (χ0n) is 12.0. The van der Waals surface area contributed by atoms with Crippen molar-refractivity contribution in [2.75, 3.05) is 11.4 Å². The van der Waals surface area contributed by atoms with E-state index in [9.17, 15) is 18.3 Å². The summed E-state index contributed by atoms with van der Waals surface area (Å²) in [6, 6.07) is 0.323. The van der Waals surface area contributed by atoms with E-state index in [0.29, 0.717) is 24.7 Å². The molecule has 4 heterocycles. The van der Waals surface area contributed by atoms with Crippen molar-refractivity contribution in [3.63, 3.8) is 0 Å². The van der Waals surface area contributed by atoms with Gasteiger partial charge in [0.25, 0.3) is 0 Å². The van der Waals surface area contributed by atoms with Crippen LogP contribution in [0.5, 0.6) is 0 Å². The van der Waals surface area contributed by atoms with Gasteiger partial charge in [-0.3, -0.25) is 0 Å². The Labute approximate surface area is 133 Å². The maximum Gasteiger partial charge on any atom is 0.424 e. The average molecular weight is 348 g/mol. The quantitative estimate of drug-likeness (QED) is 0.816. The molecule has 0 radical (unpaired) electrons. The van der Waals surface area contributed by atoms with Gasteiger partial charge in [-0.25, -0.2) is 4.98 Å². The summed E-state index contributed by atoms with van der Waals surface area (Å²) in [7, 11) is 0. The van der Waals surface area contributed by atoms with Gasteiger partial charge in [0.05, 0.1) is 0 Å². The van der Waals surface area contributed by atoms with E-state index in [1.807, 2.05) is 4.90 Å². The third-order valence-electron chi connectivity index (χ3n) is 4.70. The molecule has 2 aromatic rings. The number of nitrogens with one attached hydrogen (secondary N) is 1. The minimum atomic E-state index is -4.87. The van der Waals surface area contributed by atoms with Crippen molar-refractivity contribution in [2.45, 2.75) is 37.6 Å². The number of aromatic nitrogens is 4. The highest BCUT2D eigenvalue weighted by molar-refractivity contribution is 6.28. The molecule has 1 atom stereocenters. The van der Waals surface area contributed by atoms with Gasteiger partial charge in [0.2, 0.25) is 10.9 Å². The Bertz CT molecular complexity index is 784. The highest BCUT2D eigenvalue weighted by Crippen LogP contribution is 2.45. The summed E-state index contributed by atoms with van der Waals surface area (Å²) >= 11 is 5.89. The largest absolute Gasteiger partial charge is 0.424 e. The third-order valence-corrected chi connectivity index (χ3v) is 4.87. The average Bonchev–Trinajstić information content (AvgIpc) is 3.07. The van der Waals surface area contributed by atoms with Crippen molar-refractivity contribution in [3.8, 4) is 0 Å². The molecule has 2 aliphatic heterocycles. The molecule has 1 saturated carbocycles. The second-order valence-corrected chi connectivity index (χ2v) is 6.65. The molecule has 2 aromatic heterocycles. The molecule has 5 rings (SSSR count). The van der Waals surface area contributed by atoms with Gasteiger partial charge in [0.1, 0.15) is 5.52 Å². The summed E-state index contributed by atoms with van der Waals surface area (Å²) in [6.07, 6.45) is -2.78. The lowest BCUT2D eigenvalue weighted by molar-refractivity contribution is -0.261. The monoisotopic (exact) mass is 347 g/mol. The van der Waals surface area contributed by atoms with E-state index < -0.39 is 17.6 Å². The Morgan fingerprint density at radius 1 is 1.26 bits per heavy atom. The summed E-state index contributed by atoms with van der Waals surface area (Å²) in [6.45, 7) is 1.43. The topological polar surface area (TPSA) is 77.9 Å². The smallest absolute Gasteiger partial charge is 0.374 e. The molecular formula is C13H13ClF3N5O. The van der Waals surface area contributed by atoms with Crippen LogP contribution >= 0.6 is 11.6 Å². The van der Waals surface area contributed by atoms with Crippen LogP contribution in [0.4, 0.5) is 19.0 Å². The molecule has 1 unspecified atom stereocenters. The Morgan fingerprint density at radius 2 is 1.96 bits per heavy atom. The predicted molar refractivity (Wildman–Crippen MR) is 76.2 cm³/mol. The van der Waals surface area contributed by atoms with Gasteiger partial charge >= 0.3 is 6.18 Å². The van der Waals surface area contributed by atoms with Crippen molar-refractivity contribution in [3.05, 3.63) is 11.1 Å². The molecule has 6 nitrogen and oxygen atoms in total. The number of anilines is 1. The summed E-state index contributed by atoms with van der Waals surface area (Å²) in [5, 5.41) is 9.71. The lowest BCUT2D eigenvalue weighted by atomic mass is 9.86. The van der Waals surface area contributed by atoms with Crippen molar-refractivity contribution >= 4 is 28.6 Å². The second-order valence-electron chi connectivity index (χ2n) is 6.31. The SMILES string of the molecule is CC(O)(c1nc2nc(Cl)nc(N3CC4CC3C4)c2[nH]1)C(F)(F)F. The number of H-pyrrole nitrogens is 1. The van der Waals surface area contributed by atoms with Gasteiger partial charge in [0, 0.05) is 12.6 Å². The number of nitrogens with zero attached hydrogens (tertiary/aromatic N) is 4. The van der Waals surface area contributed by atoms with Crippen LogP contribution in [-0.4, -0.2) is 43.8 Å². The molecular weight excluding hydrogens is 335 g/mol. The lowest BCUT2D eigenvalue weighted by Crippen LogP contribution is -2.40. The molecule has 1 aliphatic carbocycles. The number of imidazole rings is 1. The number of aromatic amines is 1. The Balaban J connectivity index is 1.85. The van der Waals surface area contributed by atoms with Crippen molar-refractivity contribution in [2.24, 2.45) is 5.92 Å². The predicted octanol–water partition coefficient (Wildman–Crippen LogP) is 2.37. The number of alkyl halides is 3. The molecule has 3 aliphatic rings. The molecule has 23 heavy (non-hydrogen) atoms. The van der Waals surface area contributed by atoms with Crippen LogP contribution in [0.15, 0.2) is 0 Å². The fraction of sp³-hybridized carbons (Fsp3) is 0.615. The van der Waals surface area contributed by atoms with Gasteiger partial charge in [-0.2, -0.15) is 23.1 Å². The van der Waals surface area contributed by atoms with E-state index in [1.165, 1.54) is 0 Å². The molecule has 124 valence electrons. The number of fused-ring (bicyclic) bond motifs is 2. The van der Waals surface area contributed by atoms with Crippen LogP contribution in [0.2, 0.25) is 5.28 Å². The molecule has 3 fully saturated rings. The summed E-state index contributed by atoms with van der Waals surface area (Å²) in [4.78, 5) is 16.4. The van der Waals surface area contributed by atoms with Crippen LogP contribution < -0.4 is 4.90 Å². The van der Waals surface area contributed by atoms with Crippen molar-refractivity contribution in [1.82, 2.24) is 19.9 Å². The van der Waals surface area contributed by atoms with E-state index >= 15 is 0 Å². The van der Waals surface area contributed by atoms with Crippen LogP contribution in [0.25, 0.3) is 11.2 Å². The van der Waals surface area contributed by atoms with E-state index in [-0.39, 0.29) is 16.4 Å². The van der Waals surface area contributed by atoms with E-state index in [1.54, 1.807) is 0 Å². The van der Waals surface area contributed by atoms with Crippen LogP contribution in [-0.2, 0) is 5.60 Å². The molecule has 2 saturated heterocycles. The standard InChI is InChI=1S/C13H13ClF3N5O/c1-12(23,13(15,16)17)10-18-7-8(19-10)20-11(14)21-9(7)22-4-5-2-6(22)3-5/h5-6,23H,2-4H2,1H3,(H,18,19,20,21). The fourth-order valence-corrected chi connectivity index (χ4v) is 3.38. The molecule has 10 heteroatoms. The number of hydrogen-bond donors (Lipinski definition) is 2. The highest BCUT2D eigenvalue weighted by Gasteiger charge is 2.54. The van der Waals surface area contributed by atoms with E-state index in [4.69, 9.17) is 11.6 Å².